The monoisotopic (exact) mass is 518 g/mol. The number of hydrogen-bond acceptors (Lipinski definition) is 7. The Morgan fingerprint density at radius 1 is 0.846 bits per heavy atom. The van der Waals surface area contributed by atoms with Crippen molar-refractivity contribution in [3.05, 3.63) is 130 Å². The van der Waals surface area contributed by atoms with Crippen LogP contribution >= 0.6 is 0 Å². The molecule has 0 N–H and O–H groups in total. The molecule has 0 spiro atoms. The third-order valence-corrected chi connectivity index (χ3v) is 6.05. The van der Waals surface area contributed by atoms with Gasteiger partial charge in [0.05, 0.1) is 21.7 Å². The van der Waals surface area contributed by atoms with Crippen LogP contribution in [-0.2, 0) is 4.74 Å². The molecule has 8 nitrogen and oxygen atoms in total. The van der Waals surface area contributed by atoms with E-state index in [4.69, 9.17) is 14.5 Å². The number of rotatable bonds is 8. The largest absolute Gasteiger partial charge is 0.457 e. The lowest BCUT2D eigenvalue weighted by Crippen LogP contribution is -2.15. The van der Waals surface area contributed by atoms with Crippen LogP contribution in [0.3, 0.4) is 0 Å². The number of non-ortho nitro benzene ring substituents is 1. The van der Waals surface area contributed by atoms with Gasteiger partial charge in [0, 0.05) is 28.6 Å². The van der Waals surface area contributed by atoms with Crippen molar-refractivity contribution in [3.8, 4) is 22.8 Å². The molecule has 0 unspecified atom stereocenters. The van der Waals surface area contributed by atoms with Gasteiger partial charge in [-0.1, -0.05) is 42.0 Å². The number of esters is 1. The molecule has 0 aliphatic rings. The van der Waals surface area contributed by atoms with Crippen molar-refractivity contribution in [2.45, 2.75) is 6.92 Å². The minimum Gasteiger partial charge on any atom is -0.457 e. The standard InChI is InChI=1S/C31H22N2O6/c1-20-7-16-28-26(17-20)27(18-29(32-28)21-5-3-2-4-6-21)31(35)38-19-30(34)22-8-12-24(13-9-22)39-25-14-10-23(11-15-25)33(36)37/h2-18H,19H2,1H3. The highest BCUT2D eigenvalue weighted by molar-refractivity contribution is 6.06. The Bertz CT molecular complexity index is 1680. The molecule has 8 heteroatoms. The fourth-order valence-electron chi connectivity index (χ4n) is 4.04. The summed E-state index contributed by atoms with van der Waals surface area (Å²) in [5.74, 6) is -0.118. The van der Waals surface area contributed by atoms with Gasteiger partial charge in [0.15, 0.2) is 12.4 Å². The molecule has 0 saturated carbocycles. The summed E-state index contributed by atoms with van der Waals surface area (Å²) in [5, 5.41) is 11.4. The highest BCUT2D eigenvalue weighted by atomic mass is 16.6. The number of carbonyl (C=O) groups is 2. The molecule has 0 saturated heterocycles. The third-order valence-electron chi connectivity index (χ3n) is 6.05. The highest BCUT2D eigenvalue weighted by Crippen LogP contribution is 2.27. The van der Waals surface area contributed by atoms with Crippen LogP contribution in [0.15, 0.2) is 103 Å². The molecule has 0 bridgehead atoms. The first-order chi connectivity index (χ1) is 18.9. The SMILES string of the molecule is Cc1ccc2nc(-c3ccccc3)cc(C(=O)OCC(=O)c3ccc(Oc4ccc([N+](=O)[O-])cc4)cc3)c2c1. The van der Waals surface area contributed by atoms with E-state index in [0.29, 0.717) is 39.2 Å². The molecule has 5 aromatic rings. The first-order valence-electron chi connectivity index (χ1n) is 12.1. The quantitative estimate of drug-likeness (QED) is 0.0946. The van der Waals surface area contributed by atoms with E-state index in [9.17, 15) is 19.7 Å². The predicted octanol–water partition coefficient (Wildman–Crippen LogP) is 6.95. The molecular formula is C31H22N2O6. The van der Waals surface area contributed by atoms with Crippen molar-refractivity contribution in [2.24, 2.45) is 0 Å². The van der Waals surface area contributed by atoms with Crippen molar-refractivity contribution in [1.82, 2.24) is 4.98 Å². The second-order valence-electron chi connectivity index (χ2n) is 8.82. The number of pyridine rings is 1. The molecule has 4 aromatic carbocycles. The summed E-state index contributed by atoms with van der Waals surface area (Å²) in [7, 11) is 0. The summed E-state index contributed by atoms with van der Waals surface area (Å²) < 4.78 is 11.1. The molecular weight excluding hydrogens is 496 g/mol. The van der Waals surface area contributed by atoms with Gasteiger partial charge in [-0.2, -0.15) is 0 Å². The Balaban J connectivity index is 1.29. The van der Waals surface area contributed by atoms with Crippen molar-refractivity contribution < 1.29 is 24.0 Å². The molecule has 0 radical (unpaired) electrons. The maximum atomic E-state index is 13.1. The van der Waals surface area contributed by atoms with Gasteiger partial charge in [0.25, 0.3) is 5.69 Å². The van der Waals surface area contributed by atoms with E-state index < -0.39 is 17.5 Å². The van der Waals surface area contributed by atoms with Crippen LogP contribution in [0.5, 0.6) is 11.5 Å². The van der Waals surface area contributed by atoms with Crippen molar-refractivity contribution in [3.63, 3.8) is 0 Å². The van der Waals surface area contributed by atoms with Crippen molar-refractivity contribution in [1.29, 1.82) is 0 Å². The topological polar surface area (TPSA) is 109 Å². The van der Waals surface area contributed by atoms with Crippen molar-refractivity contribution >= 4 is 28.3 Å². The number of nitro benzene ring substituents is 1. The fraction of sp³-hybridized carbons (Fsp3) is 0.0645. The maximum Gasteiger partial charge on any atom is 0.339 e. The normalized spacial score (nSPS) is 10.7. The Morgan fingerprint density at radius 2 is 1.51 bits per heavy atom. The maximum absolute atomic E-state index is 13.1. The van der Waals surface area contributed by atoms with Gasteiger partial charge in [0.2, 0.25) is 0 Å². The number of aryl methyl sites for hydroxylation is 1. The van der Waals surface area contributed by atoms with Crippen LogP contribution < -0.4 is 4.74 Å². The second kappa shape index (κ2) is 10.9. The second-order valence-corrected chi connectivity index (χ2v) is 8.82. The Labute approximate surface area is 223 Å². The molecule has 0 aliphatic carbocycles. The minimum absolute atomic E-state index is 0.0379. The number of nitrogens with zero attached hydrogens (tertiary/aromatic N) is 2. The number of ketones is 1. The van der Waals surface area contributed by atoms with E-state index in [1.165, 1.54) is 24.3 Å². The van der Waals surface area contributed by atoms with Gasteiger partial charge in [0.1, 0.15) is 11.5 Å². The summed E-state index contributed by atoms with van der Waals surface area (Å²) in [6.45, 7) is 1.50. The van der Waals surface area contributed by atoms with Gasteiger partial charge < -0.3 is 9.47 Å². The molecule has 192 valence electrons. The smallest absolute Gasteiger partial charge is 0.339 e. The van der Waals surface area contributed by atoms with Crippen LogP contribution in [0.4, 0.5) is 5.69 Å². The number of carbonyl (C=O) groups excluding carboxylic acids is 2. The zero-order valence-corrected chi connectivity index (χ0v) is 20.9. The van der Waals surface area contributed by atoms with Gasteiger partial charge >= 0.3 is 5.97 Å². The molecule has 5 rings (SSSR count). The lowest BCUT2D eigenvalue weighted by atomic mass is 10.0. The van der Waals surface area contributed by atoms with E-state index >= 15 is 0 Å². The van der Waals surface area contributed by atoms with Gasteiger partial charge in [-0.25, -0.2) is 9.78 Å². The van der Waals surface area contributed by atoms with E-state index in [1.54, 1.807) is 30.3 Å². The molecule has 1 aromatic heterocycles. The number of nitro groups is 1. The van der Waals surface area contributed by atoms with E-state index in [-0.39, 0.29) is 11.5 Å². The summed E-state index contributed by atoms with van der Waals surface area (Å²) in [4.78, 5) is 40.9. The molecule has 0 atom stereocenters. The lowest BCUT2D eigenvalue weighted by molar-refractivity contribution is -0.384. The fourth-order valence-corrected chi connectivity index (χ4v) is 4.04. The molecule has 0 fully saturated rings. The molecule has 0 amide bonds. The average molecular weight is 519 g/mol. The summed E-state index contributed by atoms with van der Waals surface area (Å²) in [6, 6.07) is 28.9. The van der Waals surface area contributed by atoms with E-state index in [1.807, 2.05) is 55.5 Å². The Kier molecular flexibility index (Phi) is 7.09. The van der Waals surface area contributed by atoms with Crippen LogP contribution in [0.25, 0.3) is 22.2 Å². The Hall–Kier alpha value is -5.37. The van der Waals surface area contributed by atoms with Gasteiger partial charge in [-0.3, -0.25) is 14.9 Å². The number of hydrogen-bond donors (Lipinski definition) is 0. The van der Waals surface area contributed by atoms with Crippen LogP contribution in [0.2, 0.25) is 0 Å². The summed E-state index contributed by atoms with van der Waals surface area (Å²) in [5.41, 5.74) is 3.77. The highest BCUT2D eigenvalue weighted by Gasteiger charge is 2.18. The summed E-state index contributed by atoms with van der Waals surface area (Å²) >= 11 is 0. The van der Waals surface area contributed by atoms with E-state index in [2.05, 4.69) is 0 Å². The third kappa shape index (κ3) is 5.80. The van der Waals surface area contributed by atoms with Gasteiger partial charge in [-0.05, 0) is 61.5 Å². The first kappa shape index (κ1) is 25.3. The van der Waals surface area contributed by atoms with Crippen LogP contribution in [0, 0.1) is 17.0 Å². The van der Waals surface area contributed by atoms with Crippen molar-refractivity contribution in [2.75, 3.05) is 6.61 Å². The Morgan fingerprint density at radius 3 is 2.18 bits per heavy atom. The molecule has 1 heterocycles. The van der Waals surface area contributed by atoms with Gasteiger partial charge in [-0.15, -0.1) is 0 Å². The summed E-state index contributed by atoms with van der Waals surface area (Å²) in [6.07, 6.45) is 0. The molecule has 39 heavy (non-hydrogen) atoms. The number of Topliss-reactive ketones (excluding diaryl/α,β-unsaturated/α-hetero) is 1. The zero-order chi connectivity index (χ0) is 27.4. The van der Waals surface area contributed by atoms with Crippen LogP contribution in [-0.4, -0.2) is 28.3 Å². The molecule has 0 aliphatic heterocycles. The number of fused-ring (bicyclic) bond motifs is 1. The predicted molar refractivity (Wildman–Crippen MR) is 146 cm³/mol. The van der Waals surface area contributed by atoms with Crippen LogP contribution in [0.1, 0.15) is 26.3 Å². The first-order valence-corrected chi connectivity index (χ1v) is 12.1. The average Bonchev–Trinajstić information content (AvgIpc) is 2.96. The zero-order valence-electron chi connectivity index (χ0n) is 20.9. The lowest BCUT2D eigenvalue weighted by Gasteiger charge is -2.11. The minimum atomic E-state index is -0.614. The number of benzene rings is 4. The number of ether oxygens (including phenoxy) is 2. The van der Waals surface area contributed by atoms with E-state index in [0.717, 1.165) is 11.1 Å². The number of aromatic nitrogens is 1.